The smallest absolute Gasteiger partial charge is 0.307 e. The summed E-state index contributed by atoms with van der Waals surface area (Å²) in [6, 6.07) is 6.62. The summed E-state index contributed by atoms with van der Waals surface area (Å²) in [5.74, 6) is -0.705. The quantitative estimate of drug-likeness (QED) is 0.839. The highest BCUT2D eigenvalue weighted by Crippen LogP contribution is 2.22. The normalized spacial score (nSPS) is 16.9. The fourth-order valence-corrected chi connectivity index (χ4v) is 3.38. The fourth-order valence-electron chi connectivity index (χ4n) is 2.66. The molecule has 1 unspecified atom stereocenters. The van der Waals surface area contributed by atoms with Gasteiger partial charge in [-0.15, -0.1) is 11.3 Å². The SMILES string of the molecule is O=C(O)Cc1cccc(C(=O)Nc2nc(CC3CCOC3)cs2)c1. The van der Waals surface area contributed by atoms with Gasteiger partial charge >= 0.3 is 5.97 Å². The van der Waals surface area contributed by atoms with E-state index in [9.17, 15) is 9.59 Å². The molecule has 1 aliphatic heterocycles. The first-order valence-corrected chi connectivity index (χ1v) is 8.62. The van der Waals surface area contributed by atoms with Crippen molar-refractivity contribution in [2.45, 2.75) is 19.3 Å². The van der Waals surface area contributed by atoms with Crippen molar-refractivity contribution >= 4 is 28.3 Å². The minimum atomic E-state index is -0.923. The number of carboxylic acid groups (broad SMARTS) is 1. The van der Waals surface area contributed by atoms with Crippen LogP contribution in [0.15, 0.2) is 29.6 Å². The molecule has 1 aromatic carbocycles. The summed E-state index contributed by atoms with van der Waals surface area (Å²) in [4.78, 5) is 27.5. The number of carbonyl (C=O) groups is 2. The van der Waals surface area contributed by atoms with E-state index in [0.717, 1.165) is 31.7 Å². The van der Waals surface area contributed by atoms with Gasteiger partial charge < -0.3 is 9.84 Å². The molecule has 7 heteroatoms. The number of carbonyl (C=O) groups excluding carboxylic acids is 1. The highest BCUT2D eigenvalue weighted by atomic mass is 32.1. The van der Waals surface area contributed by atoms with Gasteiger partial charge in [0.15, 0.2) is 5.13 Å². The zero-order chi connectivity index (χ0) is 16.9. The largest absolute Gasteiger partial charge is 0.481 e. The minimum absolute atomic E-state index is 0.105. The van der Waals surface area contributed by atoms with Gasteiger partial charge in [-0.3, -0.25) is 14.9 Å². The molecule has 1 aliphatic rings. The number of benzene rings is 1. The van der Waals surface area contributed by atoms with Gasteiger partial charge in [-0.2, -0.15) is 0 Å². The van der Waals surface area contributed by atoms with E-state index in [0.29, 0.717) is 22.2 Å². The first-order valence-electron chi connectivity index (χ1n) is 7.74. The molecule has 0 spiro atoms. The van der Waals surface area contributed by atoms with Gasteiger partial charge in [-0.05, 0) is 36.5 Å². The lowest BCUT2D eigenvalue weighted by atomic mass is 10.0. The molecule has 24 heavy (non-hydrogen) atoms. The van der Waals surface area contributed by atoms with Crippen LogP contribution >= 0.6 is 11.3 Å². The van der Waals surface area contributed by atoms with Gasteiger partial charge in [0.2, 0.25) is 0 Å². The molecule has 1 atom stereocenters. The lowest BCUT2D eigenvalue weighted by Gasteiger charge is -2.05. The second-order valence-corrected chi connectivity index (χ2v) is 6.66. The summed E-state index contributed by atoms with van der Waals surface area (Å²) in [6.07, 6.45) is 1.81. The van der Waals surface area contributed by atoms with E-state index in [4.69, 9.17) is 9.84 Å². The van der Waals surface area contributed by atoms with Crippen molar-refractivity contribution in [3.8, 4) is 0 Å². The van der Waals surface area contributed by atoms with Crippen molar-refractivity contribution in [1.82, 2.24) is 4.98 Å². The fraction of sp³-hybridized carbons (Fsp3) is 0.353. The Labute approximate surface area is 143 Å². The van der Waals surface area contributed by atoms with Crippen LogP contribution in [0.5, 0.6) is 0 Å². The van der Waals surface area contributed by atoms with Crippen LogP contribution in [0.4, 0.5) is 5.13 Å². The van der Waals surface area contributed by atoms with Crippen LogP contribution in [0, 0.1) is 5.92 Å². The maximum Gasteiger partial charge on any atom is 0.307 e. The van der Waals surface area contributed by atoms with Crippen LogP contribution in [0.2, 0.25) is 0 Å². The number of aliphatic carboxylic acids is 1. The third-order valence-corrected chi connectivity index (χ3v) is 4.65. The van der Waals surface area contributed by atoms with Gasteiger partial charge in [-0.1, -0.05) is 12.1 Å². The number of anilines is 1. The van der Waals surface area contributed by atoms with E-state index in [-0.39, 0.29) is 12.3 Å². The lowest BCUT2D eigenvalue weighted by Crippen LogP contribution is -2.12. The molecule has 126 valence electrons. The summed E-state index contributed by atoms with van der Waals surface area (Å²) in [6.45, 7) is 1.58. The third-order valence-electron chi connectivity index (χ3n) is 3.84. The predicted octanol–water partition coefficient (Wildman–Crippen LogP) is 2.60. The van der Waals surface area contributed by atoms with Crippen LogP contribution in [-0.2, 0) is 22.4 Å². The molecular weight excluding hydrogens is 328 g/mol. The molecule has 0 radical (unpaired) electrons. The van der Waals surface area contributed by atoms with E-state index in [1.165, 1.54) is 11.3 Å². The first-order chi connectivity index (χ1) is 11.6. The van der Waals surface area contributed by atoms with Crippen molar-refractivity contribution < 1.29 is 19.4 Å². The molecule has 1 aromatic heterocycles. The number of ether oxygens (including phenoxy) is 1. The number of nitrogens with zero attached hydrogens (tertiary/aromatic N) is 1. The molecule has 2 heterocycles. The Morgan fingerprint density at radius 2 is 2.29 bits per heavy atom. The number of nitrogens with one attached hydrogen (secondary N) is 1. The number of hydrogen-bond acceptors (Lipinski definition) is 5. The van der Waals surface area contributed by atoms with Gasteiger partial charge in [0.25, 0.3) is 5.91 Å². The molecule has 2 N–H and O–H groups in total. The second-order valence-electron chi connectivity index (χ2n) is 5.80. The summed E-state index contributed by atoms with van der Waals surface area (Å²) < 4.78 is 5.36. The number of thiazole rings is 1. The summed E-state index contributed by atoms with van der Waals surface area (Å²) in [7, 11) is 0. The summed E-state index contributed by atoms with van der Waals surface area (Å²) in [5, 5.41) is 14.1. The maximum atomic E-state index is 12.3. The summed E-state index contributed by atoms with van der Waals surface area (Å²) >= 11 is 1.39. The van der Waals surface area contributed by atoms with E-state index in [1.54, 1.807) is 24.3 Å². The topological polar surface area (TPSA) is 88.5 Å². The van der Waals surface area contributed by atoms with Gasteiger partial charge in [0.1, 0.15) is 0 Å². The molecular formula is C17H18N2O4S. The molecule has 1 fully saturated rings. The van der Waals surface area contributed by atoms with Crippen molar-refractivity contribution in [2.75, 3.05) is 18.5 Å². The zero-order valence-corrected chi connectivity index (χ0v) is 13.8. The number of aromatic nitrogens is 1. The maximum absolute atomic E-state index is 12.3. The molecule has 3 rings (SSSR count). The Morgan fingerprint density at radius 1 is 1.42 bits per heavy atom. The Hall–Kier alpha value is -2.25. The van der Waals surface area contributed by atoms with E-state index in [1.807, 2.05) is 5.38 Å². The van der Waals surface area contributed by atoms with Gasteiger partial charge in [-0.25, -0.2) is 4.98 Å². The van der Waals surface area contributed by atoms with Crippen molar-refractivity contribution in [3.05, 3.63) is 46.5 Å². The van der Waals surface area contributed by atoms with Gasteiger partial charge in [0, 0.05) is 24.2 Å². The Morgan fingerprint density at radius 3 is 3.04 bits per heavy atom. The predicted molar refractivity (Wildman–Crippen MR) is 90.5 cm³/mol. The Bertz CT molecular complexity index is 738. The van der Waals surface area contributed by atoms with Crippen LogP contribution in [0.1, 0.15) is 28.0 Å². The number of hydrogen-bond donors (Lipinski definition) is 2. The van der Waals surface area contributed by atoms with Crippen LogP contribution in [0.3, 0.4) is 0 Å². The second kappa shape index (κ2) is 7.55. The van der Waals surface area contributed by atoms with Crippen molar-refractivity contribution in [1.29, 1.82) is 0 Å². The van der Waals surface area contributed by atoms with Crippen LogP contribution in [-0.4, -0.2) is 35.2 Å². The molecule has 1 amide bonds. The lowest BCUT2D eigenvalue weighted by molar-refractivity contribution is -0.136. The zero-order valence-electron chi connectivity index (χ0n) is 13.0. The third kappa shape index (κ3) is 4.39. The molecule has 0 saturated carbocycles. The Balaban J connectivity index is 1.62. The van der Waals surface area contributed by atoms with E-state index in [2.05, 4.69) is 10.3 Å². The molecule has 6 nitrogen and oxygen atoms in total. The molecule has 1 saturated heterocycles. The average Bonchev–Trinajstić information content (AvgIpc) is 3.19. The number of rotatable bonds is 6. The van der Waals surface area contributed by atoms with Crippen LogP contribution < -0.4 is 5.32 Å². The van der Waals surface area contributed by atoms with E-state index < -0.39 is 5.97 Å². The average molecular weight is 346 g/mol. The Kier molecular flexibility index (Phi) is 5.22. The molecule has 0 aliphatic carbocycles. The van der Waals surface area contributed by atoms with E-state index >= 15 is 0 Å². The standard InChI is InChI=1S/C17H18N2O4S/c20-15(21)8-11-2-1-3-13(6-11)16(22)19-17-18-14(10-24-17)7-12-4-5-23-9-12/h1-3,6,10,12H,4-5,7-9H2,(H,20,21)(H,18,19,22). The number of amides is 1. The first kappa shape index (κ1) is 16.6. The molecule has 2 aromatic rings. The van der Waals surface area contributed by atoms with Gasteiger partial charge in [0.05, 0.1) is 12.1 Å². The molecule has 0 bridgehead atoms. The van der Waals surface area contributed by atoms with Crippen LogP contribution in [0.25, 0.3) is 0 Å². The van der Waals surface area contributed by atoms with Crippen molar-refractivity contribution in [2.24, 2.45) is 5.92 Å². The minimum Gasteiger partial charge on any atom is -0.481 e. The highest BCUT2D eigenvalue weighted by Gasteiger charge is 2.18. The monoisotopic (exact) mass is 346 g/mol. The summed E-state index contributed by atoms with van der Waals surface area (Å²) in [5.41, 5.74) is 1.98. The number of carboxylic acids is 1. The highest BCUT2D eigenvalue weighted by molar-refractivity contribution is 7.13. The van der Waals surface area contributed by atoms with Crippen molar-refractivity contribution in [3.63, 3.8) is 0 Å².